The Hall–Kier alpha value is -9.62. The lowest BCUT2D eigenvalue weighted by atomic mass is 9.88. The Morgan fingerprint density at radius 2 is 0.725 bits per heavy atom. The van der Waals surface area contributed by atoms with Crippen LogP contribution in [0.1, 0.15) is 414 Å². The zero-order valence-corrected chi connectivity index (χ0v) is 94.1. The second-order valence-corrected chi connectivity index (χ2v) is 41.5. The summed E-state index contributed by atoms with van der Waals surface area (Å²) in [5, 5.41) is 12.7. The van der Waals surface area contributed by atoms with Gasteiger partial charge in [0.05, 0.1) is 17.6 Å². The van der Waals surface area contributed by atoms with Crippen molar-refractivity contribution < 1.29 is 4.42 Å². The molecule has 0 aliphatic rings. The molecule has 0 aromatic carbocycles. The van der Waals surface area contributed by atoms with Crippen LogP contribution in [0.5, 0.6) is 0 Å². The van der Waals surface area contributed by atoms with Crippen LogP contribution in [0.4, 0.5) is 0 Å². The van der Waals surface area contributed by atoms with Crippen molar-refractivity contribution in [3.8, 4) is 0 Å². The average molecular weight is 1830 g/mol. The maximum atomic E-state index is 5.09. The predicted octanol–water partition coefficient (Wildman–Crippen LogP) is 32.2. The van der Waals surface area contributed by atoms with E-state index in [4.69, 9.17) is 4.42 Å². The van der Waals surface area contributed by atoms with Gasteiger partial charge in [0, 0.05) is 180 Å². The van der Waals surface area contributed by atoms with Crippen LogP contribution in [-0.4, -0.2) is 84.4 Å². The number of imidazole rings is 1. The van der Waals surface area contributed by atoms with E-state index in [1.807, 2.05) is 219 Å². The Morgan fingerprint density at radius 1 is 0.290 bits per heavy atom. The maximum Gasteiger partial charge on any atom is 0.199 e. The molecular weight excluding hydrogens is 1630 g/mol. The summed E-state index contributed by atoms with van der Waals surface area (Å²) in [4.78, 5) is 52.1. The van der Waals surface area contributed by atoms with Gasteiger partial charge in [-0.05, 0) is 121 Å². The number of pyridine rings is 4. The Balaban J connectivity index is -0.000000253. The number of aryl methyl sites for hydroxylation is 2. The highest BCUT2D eigenvalue weighted by Gasteiger charge is 2.22. The first-order valence-corrected chi connectivity index (χ1v) is 48.4. The quantitative estimate of drug-likeness (QED) is 0.149. The third kappa shape index (κ3) is 67.3. The molecule has 19 heteroatoms. The second-order valence-electron chi connectivity index (χ2n) is 40.7. The number of H-pyrrole nitrogens is 1. The molecule has 0 radical (unpaired) electrons. The summed E-state index contributed by atoms with van der Waals surface area (Å²) >= 11 is 1.77. The third-order valence-electron chi connectivity index (χ3n) is 16.7. The molecule has 0 unspecified atom stereocenters. The van der Waals surface area contributed by atoms with E-state index in [1.165, 1.54) is 27.9 Å². The first-order valence-electron chi connectivity index (χ1n) is 47.4. The van der Waals surface area contributed by atoms with Crippen molar-refractivity contribution in [1.82, 2.24) is 84.4 Å². The molecule has 12 aromatic heterocycles. The van der Waals surface area contributed by atoms with Crippen LogP contribution in [0, 0.1) is 0 Å². The van der Waals surface area contributed by atoms with Gasteiger partial charge in [-0.2, -0.15) is 21.5 Å². The van der Waals surface area contributed by atoms with E-state index in [0.29, 0.717) is 5.41 Å². The van der Waals surface area contributed by atoms with E-state index >= 15 is 0 Å². The molecule has 0 aliphatic carbocycles. The van der Waals surface area contributed by atoms with Crippen LogP contribution in [0.15, 0.2) is 224 Å². The average Bonchev–Trinajstić information content (AvgIpc) is 1.72. The van der Waals surface area contributed by atoms with Gasteiger partial charge in [0.2, 0.25) is 0 Å². The van der Waals surface area contributed by atoms with Crippen molar-refractivity contribution in [1.29, 1.82) is 0 Å². The highest BCUT2D eigenvalue weighted by atomic mass is 32.1. The van der Waals surface area contributed by atoms with Crippen LogP contribution in [0.25, 0.3) is 0 Å². The zero-order valence-electron chi connectivity index (χ0n) is 93.3. The fraction of sp³-hybridized carbons (Fsp3) is 0.571. The van der Waals surface area contributed by atoms with Crippen molar-refractivity contribution >= 4 is 11.3 Å². The molecule has 0 bridgehead atoms. The SMILES string of the molecule is CC.CC.CC.CC.CC.CC.CC.CC(C)(C)c1ccccn1.CC(C)(C)c1ccccn1.CC(C)(C)c1cccnc1.CC(C)(C)c1ccncc1.CC(C)(C)c1ccsc1.CC(C)(C)c1cnccn1.CC(C)(C)c1cncnc1.CC(C)(C)c1ncc[nH]1.CC(C)(C)c1ncccn1.CC(C)(C)c1ncco1.Cn1ccc(C(C)(C)C)n1.Cn1nccc1C(C)(C)C. The van der Waals surface area contributed by atoms with Crippen LogP contribution in [-0.2, 0) is 79.1 Å². The minimum atomic E-state index is 0.0451. The highest BCUT2D eigenvalue weighted by molar-refractivity contribution is 7.08. The molecule has 0 saturated heterocycles. The van der Waals surface area contributed by atoms with Gasteiger partial charge < -0.3 is 9.40 Å². The van der Waals surface area contributed by atoms with Crippen molar-refractivity contribution in [2.45, 2.75) is 411 Å². The molecular formula is C112H193N17OS. The van der Waals surface area contributed by atoms with Gasteiger partial charge >= 0.3 is 0 Å². The number of hydrogen-bond acceptors (Lipinski definition) is 16. The van der Waals surface area contributed by atoms with E-state index < -0.39 is 0 Å². The summed E-state index contributed by atoms with van der Waals surface area (Å²) in [6.45, 7) is 106. The monoisotopic (exact) mass is 1820 g/mol. The summed E-state index contributed by atoms with van der Waals surface area (Å²) in [6, 6.07) is 28.3. The van der Waals surface area contributed by atoms with Gasteiger partial charge in [0.25, 0.3) is 0 Å². The van der Waals surface area contributed by atoms with Gasteiger partial charge in [-0.25, -0.2) is 29.9 Å². The lowest BCUT2D eigenvalue weighted by Crippen LogP contribution is -2.16. The molecule has 0 aliphatic heterocycles. The smallest absolute Gasteiger partial charge is 0.199 e. The fourth-order valence-electron chi connectivity index (χ4n) is 9.22. The summed E-state index contributed by atoms with van der Waals surface area (Å²) < 4.78 is 8.84. The Bertz CT molecular complexity index is 3820. The molecule has 0 spiro atoms. The van der Waals surface area contributed by atoms with Crippen LogP contribution >= 0.6 is 11.3 Å². The molecule has 12 heterocycles. The van der Waals surface area contributed by atoms with Crippen molar-refractivity contribution in [3.05, 3.63) is 288 Å². The molecule has 12 aromatic rings. The number of nitrogens with zero attached hydrogens (tertiary/aromatic N) is 16. The standard InChI is InChI=1S/4C9H13N.C8H12N2.2C8H14N2.2C8H12N2.C8H12S.C7H12N2.C7H11NO.7C2H6/c1-9(2,3)8-4-6-10-7-5-8;1-9(2,3)8-5-4-6-10-7-8;2*1-9(2,3)8-6-4-5-7-10-8;1-8(2,3)7-4-9-6-10-5-7;1-8(2,3)7-5-6-10(4)9-7;1-8(2,3)7-5-6-9-10(7)4;1-8(2,3)7-6-9-4-5-10-7;1-8(2,3)7-9-5-4-6-10-7;1-8(2,3)7-4-5-9-6-7;2*1-7(2,3)6-8-4-5-9-6;7*1-2/h4*4-7H,1-3H3;4-6H,1-3H3;2*5-6H,1-4H3;2*4-6H,1-3H3;4-6H,1-3H3;4-5H,1-3H3,(H,8,9);4-5H,1-3H3;7*1-2H3. The molecule has 0 saturated carbocycles. The number of aromatic nitrogens is 17. The minimum Gasteiger partial charge on any atom is -0.448 e. The number of rotatable bonds is 0. The van der Waals surface area contributed by atoms with Crippen LogP contribution in [0.2, 0.25) is 0 Å². The highest BCUT2D eigenvalue weighted by Crippen LogP contribution is 2.28. The maximum absolute atomic E-state index is 5.09. The first kappa shape index (κ1) is 134. The lowest BCUT2D eigenvalue weighted by Gasteiger charge is -2.17. The largest absolute Gasteiger partial charge is 0.448 e. The fourth-order valence-corrected chi connectivity index (χ4v) is 10.1. The predicted molar refractivity (Wildman–Crippen MR) is 573 cm³/mol. The summed E-state index contributed by atoms with van der Waals surface area (Å²) in [5.41, 5.74) is 13.1. The second kappa shape index (κ2) is 69.3. The minimum absolute atomic E-state index is 0.0451. The van der Waals surface area contributed by atoms with Crippen LogP contribution in [0.3, 0.4) is 0 Å². The Morgan fingerprint density at radius 3 is 0.939 bits per heavy atom. The van der Waals surface area contributed by atoms with Gasteiger partial charge in [-0.1, -0.05) is 364 Å². The molecule has 1 N–H and O–H groups in total. The van der Waals surface area contributed by atoms with Crippen molar-refractivity contribution in [3.63, 3.8) is 0 Å². The summed E-state index contributed by atoms with van der Waals surface area (Å²) in [6.07, 6.45) is 35.8. The van der Waals surface area contributed by atoms with E-state index in [0.717, 1.165) is 40.3 Å². The zero-order chi connectivity index (χ0) is 104. The first-order chi connectivity index (χ1) is 60.6. The van der Waals surface area contributed by atoms with Crippen molar-refractivity contribution in [2.24, 2.45) is 14.1 Å². The van der Waals surface area contributed by atoms with E-state index in [1.54, 1.807) is 73.5 Å². The van der Waals surface area contributed by atoms with Crippen LogP contribution < -0.4 is 0 Å². The van der Waals surface area contributed by atoms with Gasteiger partial charge in [0.15, 0.2) is 5.89 Å². The van der Waals surface area contributed by atoms with Crippen molar-refractivity contribution in [2.75, 3.05) is 0 Å². The number of hydrogen-bond donors (Lipinski definition) is 1. The number of thiophene rings is 1. The number of nitrogens with one attached hydrogen (secondary N) is 1. The molecule has 738 valence electrons. The molecule has 131 heavy (non-hydrogen) atoms. The molecule has 18 nitrogen and oxygen atoms in total. The normalized spacial score (nSPS) is 10.7. The number of aromatic amines is 1. The summed E-state index contributed by atoms with van der Waals surface area (Å²) in [5.74, 6) is 2.74. The van der Waals surface area contributed by atoms with Gasteiger partial charge in [-0.3, -0.25) is 39.3 Å². The summed E-state index contributed by atoms with van der Waals surface area (Å²) in [7, 11) is 3.91. The van der Waals surface area contributed by atoms with Gasteiger partial charge in [0.1, 0.15) is 24.2 Å². The van der Waals surface area contributed by atoms with E-state index in [2.05, 4.69) is 384 Å². The third-order valence-corrected chi connectivity index (χ3v) is 17.4. The molecule has 0 amide bonds. The topological polar surface area (TPSA) is 219 Å². The van der Waals surface area contributed by atoms with E-state index in [9.17, 15) is 0 Å². The van der Waals surface area contributed by atoms with E-state index in [-0.39, 0.29) is 59.6 Å². The molecule has 12 rings (SSSR count). The molecule has 0 atom stereocenters. The lowest BCUT2D eigenvalue weighted by molar-refractivity contribution is 0.392. The number of oxazole rings is 1. The Kier molecular flexibility index (Phi) is 71.1. The molecule has 0 fully saturated rings. The van der Waals surface area contributed by atoms with Gasteiger partial charge in [-0.15, -0.1) is 0 Å². The Labute approximate surface area is 808 Å².